The van der Waals surface area contributed by atoms with Crippen molar-refractivity contribution in [3.05, 3.63) is 59.2 Å². The van der Waals surface area contributed by atoms with Gasteiger partial charge in [-0.1, -0.05) is 31.2 Å². The molecule has 160 valence electrons. The molecule has 2 amide bonds. The zero-order valence-electron chi connectivity index (χ0n) is 17.9. The van der Waals surface area contributed by atoms with Crippen LogP contribution in [0.15, 0.2) is 42.5 Å². The van der Waals surface area contributed by atoms with Crippen molar-refractivity contribution in [1.29, 1.82) is 0 Å². The zero-order chi connectivity index (χ0) is 21.5. The van der Waals surface area contributed by atoms with Gasteiger partial charge in [-0.3, -0.25) is 9.59 Å². The van der Waals surface area contributed by atoms with Crippen LogP contribution in [-0.4, -0.2) is 37.2 Å². The molecule has 30 heavy (non-hydrogen) atoms. The first-order valence-electron chi connectivity index (χ1n) is 10.5. The van der Waals surface area contributed by atoms with Gasteiger partial charge in [-0.2, -0.15) is 0 Å². The molecule has 1 heterocycles. The number of carbonyl (C=O) groups is 2. The van der Waals surface area contributed by atoms with Gasteiger partial charge >= 0.3 is 0 Å². The number of rotatable bonds is 8. The van der Waals surface area contributed by atoms with Gasteiger partial charge in [0.25, 0.3) is 11.8 Å². The van der Waals surface area contributed by atoms with Crippen molar-refractivity contribution in [2.75, 3.05) is 18.5 Å². The first kappa shape index (κ1) is 21.8. The van der Waals surface area contributed by atoms with E-state index in [1.165, 1.54) is 0 Å². The average molecular weight is 411 g/mol. The summed E-state index contributed by atoms with van der Waals surface area (Å²) in [6.45, 7) is 7.04. The van der Waals surface area contributed by atoms with E-state index in [4.69, 9.17) is 9.47 Å². The third kappa shape index (κ3) is 5.60. The van der Waals surface area contributed by atoms with Crippen LogP contribution in [0.4, 0.5) is 5.69 Å². The molecule has 0 aromatic heterocycles. The summed E-state index contributed by atoms with van der Waals surface area (Å²) in [7, 11) is 0. The van der Waals surface area contributed by atoms with E-state index < -0.39 is 6.10 Å². The highest BCUT2D eigenvalue weighted by molar-refractivity contribution is 6.04. The minimum absolute atomic E-state index is 0.0612. The van der Waals surface area contributed by atoms with Gasteiger partial charge < -0.3 is 20.1 Å². The fourth-order valence-corrected chi connectivity index (χ4v) is 3.42. The lowest BCUT2D eigenvalue weighted by molar-refractivity contribution is -0.122. The molecule has 0 unspecified atom stereocenters. The number of nitrogens with one attached hydrogen (secondary N) is 2. The summed E-state index contributed by atoms with van der Waals surface area (Å²) in [5.41, 5.74) is 2.93. The molecular formula is C24H30N2O4. The van der Waals surface area contributed by atoms with Crippen molar-refractivity contribution < 1.29 is 19.1 Å². The molecular weight excluding hydrogens is 380 g/mol. The fraction of sp³-hybridized carbons (Fsp3) is 0.417. The molecule has 1 aliphatic rings. The van der Waals surface area contributed by atoms with Gasteiger partial charge in [-0.25, -0.2) is 0 Å². The second-order valence-electron chi connectivity index (χ2n) is 7.66. The van der Waals surface area contributed by atoms with Gasteiger partial charge in [-0.05, 0) is 62.4 Å². The van der Waals surface area contributed by atoms with Gasteiger partial charge in [0, 0.05) is 13.2 Å². The number of hydrogen-bond acceptors (Lipinski definition) is 4. The molecule has 1 fully saturated rings. The number of para-hydroxylation sites is 1. The molecule has 1 saturated heterocycles. The van der Waals surface area contributed by atoms with Gasteiger partial charge in [0.05, 0.1) is 17.4 Å². The predicted molar refractivity (Wildman–Crippen MR) is 117 cm³/mol. The number of benzene rings is 2. The summed E-state index contributed by atoms with van der Waals surface area (Å²) in [6.07, 6.45) is 1.88. The van der Waals surface area contributed by atoms with Crippen molar-refractivity contribution in [3.8, 4) is 5.75 Å². The van der Waals surface area contributed by atoms with Crippen LogP contribution in [0.5, 0.6) is 5.75 Å². The van der Waals surface area contributed by atoms with Gasteiger partial charge in [-0.15, -0.1) is 0 Å². The van der Waals surface area contributed by atoms with E-state index >= 15 is 0 Å². The monoisotopic (exact) mass is 410 g/mol. The van der Waals surface area contributed by atoms with Gasteiger partial charge in [0.1, 0.15) is 5.75 Å². The minimum Gasteiger partial charge on any atom is -0.480 e. The SMILES string of the molecule is CC[C@H](Oc1cc(C)ccc1C)C(=O)Nc1ccccc1C(=O)NC[C@@H]1CCCO1. The van der Waals surface area contributed by atoms with Crippen LogP contribution in [0, 0.1) is 13.8 Å². The number of anilines is 1. The zero-order valence-corrected chi connectivity index (χ0v) is 17.9. The summed E-state index contributed by atoms with van der Waals surface area (Å²) in [6, 6.07) is 12.9. The lowest BCUT2D eigenvalue weighted by Crippen LogP contribution is -2.35. The molecule has 0 saturated carbocycles. The van der Waals surface area contributed by atoms with E-state index in [9.17, 15) is 9.59 Å². The number of amides is 2. The highest BCUT2D eigenvalue weighted by atomic mass is 16.5. The first-order valence-corrected chi connectivity index (χ1v) is 10.5. The fourth-order valence-electron chi connectivity index (χ4n) is 3.42. The second-order valence-corrected chi connectivity index (χ2v) is 7.66. The Morgan fingerprint density at radius 3 is 2.73 bits per heavy atom. The topological polar surface area (TPSA) is 76.7 Å². The lowest BCUT2D eigenvalue weighted by atomic mass is 10.1. The van der Waals surface area contributed by atoms with Crippen LogP contribution in [-0.2, 0) is 9.53 Å². The molecule has 0 spiro atoms. The van der Waals surface area contributed by atoms with E-state index in [-0.39, 0.29) is 17.9 Å². The molecule has 2 N–H and O–H groups in total. The number of hydrogen-bond donors (Lipinski definition) is 2. The van der Waals surface area contributed by atoms with Crippen LogP contribution in [0.25, 0.3) is 0 Å². The Labute approximate surface area is 178 Å². The van der Waals surface area contributed by atoms with Gasteiger partial charge in [0.2, 0.25) is 0 Å². The maximum Gasteiger partial charge on any atom is 0.265 e. The van der Waals surface area contributed by atoms with Crippen molar-refractivity contribution in [2.45, 2.75) is 52.2 Å². The molecule has 2 aromatic carbocycles. The van der Waals surface area contributed by atoms with Crippen LogP contribution < -0.4 is 15.4 Å². The first-order chi connectivity index (χ1) is 14.5. The summed E-state index contributed by atoms with van der Waals surface area (Å²) < 4.78 is 11.5. The summed E-state index contributed by atoms with van der Waals surface area (Å²) in [5, 5.41) is 5.77. The van der Waals surface area contributed by atoms with E-state index in [1.54, 1.807) is 24.3 Å². The molecule has 6 nitrogen and oxygen atoms in total. The Morgan fingerprint density at radius 2 is 2.00 bits per heavy atom. The Morgan fingerprint density at radius 1 is 1.20 bits per heavy atom. The summed E-state index contributed by atoms with van der Waals surface area (Å²) >= 11 is 0. The quantitative estimate of drug-likeness (QED) is 0.689. The third-order valence-corrected chi connectivity index (χ3v) is 5.22. The molecule has 0 bridgehead atoms. The second kappa shape index (κ2) is 10.3. The number of aryl methyl sites for hydroxylation is 2. The molecule has 2 aromatic rings. The Kier molecular flexibility index (Phi) is 7.46. The summed E-state index contributed by atoms with van der Waals surface area (Å²) in [5.74, 6) is 0.183. The third-order valence-electron chi connectivity index (χ3n) is 5.22. The summed E-state index contributed by atoms with van der Waals surface area (Å²) in [4.78, 5) is 25.6. The van der Waals surface area contributed by atoms with E-state index in [0.29, 0.717) is 30.0 Å². The molecule has 0 aliphatic carbocycles. The maximum atomic E-state index is 12.9. The van der Waals surface area contributed by atoms with E-state index in [0.717, 1.165) is 30.6 Å². The minimum atomic E-state index is -0.659. The van der Waals surface area contributed by atoms with Crippen LogP contribution in [0.1, 0.15) is 47.7 Å². The number of ether oxygens (including phenoxy) is 2. The highest BCUT2D eigenvalue weighted by Gasteiger charge is 2.22. The Balaban J connectivity index is 1.67. The molecule has 1 aliphatic heterocycles. The molecule has 2 atom stereocenters. The van der Waals surface area contributed by atoms with Crippen molar-refractivity contribution >= 4 is 17.5 Å². The Hall–Kier alpha value is -2.86. The normalized spacial score (nSPS) is 16.7. The van der Waals surface area contributed by atoms with Crippen LogP contribution in [0.2, 0.25) is 0 Å². The molecule has 3 rings (SSSR count). The standard InChI is InChI=1S/C24H30N2O4/c1-4-21(30-22-14-16(2)11-12-17(22)3)24(28)26-20-10-6-5-9-19(20)23(27)25-15-18-8-7-13-29-18/h5-6,9-12,14,18,21H,4,7-8,13,15H2,1-3H3,(H,25,27)(H,26,28)/t18-,21-/m0/s1. The number of carbonyl (C=O) groups excluding carboxylic acids is 2. The van der Waals surface area contributed by atoms with Crippen molar-refractivity contribution in [2.24, 2.45) is 0 Å². The highest BCUT2D eigenvalue weighted by Crippen LogP contribution is 2.22. The maximum absolute atomic E-state index is 12.9. The predicted octanol–water partition coefficient (Wildman–Crippen LogP) is 4.01. The van der Waals surface area contributed by atoms with Crippen LogP contribution >= 0.6 is 0 Å². The van der Waals surface area contributed by atoms with Crippen LogP contribution in [0.3, 0.4) is 0 Å². The van der Waals surface area contributed by atoms with Crippen molar-refractivity contribution in [3.63, 3.8) is 0 Å². The van der Waals surface area contributed by atoms with E-state index in [2.05, 4.69) is 10.6 Å². The molecule has 0 radical (unpaired) electrons. The lowest BCUT2D eigenvalue weighted by Gasteiger charge is -2.20. The average Bonchev–Trinajstić information content (AvgIpc) is 3.26. The molecule has 6 heteroatoms. The van der Waals surface area contributed by atoms with Crippen molar-refractivity contribution in [1.82, 2.24) is 5.32 Å². The van der Waals surface area contributed by atoms with E-state index in [1.807, 2.05) is 39.0 Å². The largest absolute Gasteiger partial charge is 0.480 e. The smallest absolute Gasteiger partial charge is 0.265 e. The van der Waals surface area contributed by atoms with Gasteiger partial charge in [0.15, 0.2) is 6.10 Å². The Bertz CT molecular complexity index is 891.